The maximum absolute atomic E-state index is 8.29. The Morgan fingerprint density at radius 2 is 2.70 bits per heavy atom. The Morgan fingerprint density at radius 1 is 1.90 bits per heavy atom. The molecule has 1 heterocycles. The zero-order valence-corrected chi connectivity index (χ0v) is 5.49. The fraction of sp³-hybridized carbons (Fsp3) is 0.143. The highest BCUT2D eigenvalue weighted by Gasteiger charge is 1.92. The third-order valence-electron chi connectivity index (χ3n) is 1.13. The second-order valence-electron chi connectivity index (χ2n) is 1.85. The third-order valence-corrected chi connectivity index (χ3v) is 1.13. The first-order chi connectivity index (χ1) is 4.86. The number of nitrogens with zero attached hydrogens (tertiary/aromatic N) is 3. The van der Waals surface area contributed by atoms with E-state index < -0.39 is 0 Å². The molecule has 0 radical (unpaired) electrons. The summed E-state index contributed by atoms with van der Waals surface area (Å²) in [7, 11) is 0. The van der Waals surface area contributed by atoms with Gasteiger partial charge in [-0.05, 0) is 0 Å². The summed E-state index contributed by atoms with van der Waals surface area (Å²) in [6, 6.07) is 2.03. The molecule has 0 aliphatic rings. The van der Waals surface area contributed by atoms with Gasteiger partial charge in [-0.25, -0.2) is 4.68 Å². The lowest BCUT2D eigenvalue weighted by Gasteiger charge is -1.83. The first-order valence-electron chi connectivity index (χ1n) is 2.89. The number of hydrogen-bond donors (Lipinski definition) is 0. The molecule has 0 fully saturated rings. The molecule has 0 amide bonds. The molecule has 0 unspecified atom stereocenters. The van der Waals surface area contributed by atoms with Gasteiger partial charge in [0.2, 0.25) is 0 Å². The molecule has 0 saturated carbocycles. The van der Waals surface area contributed by atoms with E-state index in [9.17, 15) is 0 Å². The molecule has 0 bridgehead atoms. The van der Waals surface area contributed by atoms with Gasteiger partial charge in [0.15, 0.2) is 0 Å². The van der Waals surface area contributed by atoms with E-state index in [-0.39, 0.29) is 0 Å². The monoisotopic (exact) mass is 133 g/mol. The van der Waals surface area contributed by atoms with Gasteiger partial charge in [-0.1, -0.05) is 6.58 Å². The average molecular weight is 133 g/mol. The fourth-order valence-corrected chi connectivity index (χ4v) is 0.660. The van der Waals surface area contributed by atoms with Crippen molar-refractivity contribution in [2.24, 2.45) is 0 Å². The van der Waals surface area contributed by atoms with Gasteiger partial charge in [0.25, 0.3) is 0 Å². The van der Waals surface area contributed by atoms with E-state index in [1.54, 1.807) is 23.3 Å². The standard InChI is InChI=1S/C7H7N3/c1-2-10-6-7(3-4-8)5-9-10/h2,5-6H,1,3H2. The summed E-state index contributed by atoms with van der Waals surface area (Å²) in [6.07, 6.45) is 5.43. The van der Waals surface area contributed by atoms with E-state index >= 15 is 0 Å². The normalized spacial score (nSPS) is 8.70. The molecular formula is C7H7N3. The van der Waals surface area contributed by atoms with E-state index in [2.05, 4.69) is 11.7 Å². The van der Waals surface area contributed by atoms with Crippen molar-refractivity contribution in [3.8, 4) is 6.07 Å². The molecular weight excluding hydrogens is 126 g/mol. The van der Waals surface area contributed by atoms with Gasteiger partial charge in [0, 0.05) is 18.0 Å². The van der Waals surface area contributed by atoms with Crippen LogP contribution in [-0.4, -0.2) is 9.78 Å². The molecule has 0 aliphatic carbocycles. The van der Waals surface area contributed by atoms with Crippen molar-refractivity contribution in [2.45, 2.75) is 6.42 Å². The van der Waals surface area contributed by atoms with Crippen LogP contribution in [0.25, 0.3) is 6.20 Å². The molecule has 10 heavy (non-hydrogen) atoms. The minimum Gasteiger partial charge on any atom is -0.249 e. The summed E-state index contributed by atoms with van der Waals surface area (Å²) in [5.41, 5.74) is 0.919. The molecule has 1 rings (SSSR count). The van der Waals surface area contributed by atoms with Gasteiger partial charge < -0.3 is 0 Å². The number of nitriles is 1. The van der Waals surface area contributed by atoms with Crippen LogP contribution in [0, 0.1) is 11.3 Å². The van der Waals surface area contributed by atoms with Gasteiger partial charge in [-0.15, -0.1) is 0 Å². The summed E-state index contributed by atoms with van der Waals surface area (Å²) >= 11 is 0. The Kier molecular flexibility index (Phi) is 1.86. The Hall–Kier alpha value is -1.56. The first kappa shape index (κ1) is 6.56. The van der Waals surface area contributed by atoms with Crippen LogP contribution in [0.5, 0.6) is 0 Å². The minimum atomic E-state index is 0.411. The van der Waals surface area contributed by atoms with Crippen molar-refractivity contribution in [3.63, 3.8) is 0 Å². The van der Waals surface area contributed by atoms with Crippen molar-refractivity contribution in [3.05, 3.63) is 24.5 Å². The fourth-order valence-electron chi connectivity index (χ4n) is 0.660. The molecule has 0 N–H and O–H groups in total. The molecule has 0 aliphatic heterocycles. The largest absolute Gasteiger partial charge is 0.249 e. The Bertz CT molecular complexity index is 267. The zero-order chi connectivity index (χ0) is 7.40. The van der Waals surface area contributed by atoms with Crippen LogP contribution in [0.2, 0.25) is 0 Å². The molecule has 0 saturated heterocycles. The summed E-state index contributed by atoms with van der Waals surface area (Å²) < 4.78 is 1.58. The summed E-state index contributed by atoms with van der Waals surface area (Å²) in [6.45, 7) is 3.52. The second kappa shape index (κ2) is 2.83. The third kappa shape index (κ3) is 1.23. The first-order valence-corrected chi connectivity index (χ1v) is 2.89. The number of rotatable bonds is 2. The van der Waals surface area contributed by atoms with Crippen molar-refractivity contribution >= 4 is 6.20 Å². The highest BCUT2D eigenvalue weighted by molar-refractivity contribution is 5.19. The van der Waals surface area contributed by atoms with Crippen molar-refractivity contribution in [1.29, 1.82) is 5.26 Å². The van der Waals surface area contributed by atoms with Crippen LogP contribution in [0.3, 0.4) is 0 Å². The molecule has 3 nitrogen and oxygen atoms in total. The molecule has 1 aromatic heterocycles. The molecule has 3 heteroatoms. The van der Waals surface area contributed by atoms with E-state index in [1.807, 2.05) is 6.07 Å². The maximum Gasteiger partial charge on any atom is 0.0670 e. The van der Waals surface area contributed by atoms with Gasteiger partial charge in [-0.2, -0.15) is 10.4 Å². The smallest absolute Gasteiger partial charge is 0.0670 e. The Labute approximate surface area is 59.2 Å². The quantitative estimate of drug-likeness (QED) is 0.605. The zero-order valence-electron chi connectivity index (χ0n) is 5.49. The lowest BCUT2D eigenvalue weighted by molar-refractivity contribution is 0.936. The number of aromatic nitrogens is 2. The second-order valence-corrected chi connectivity index (χ2v) is 1.85. The van der Waals surface area contributed by atoms with Gasteiger partial charge in [0.05, 0.1) is 18.7 Å². The molecule has 50 valence electrons. The average Bonchev–Trinajstić information content (AvgIpc) is 2.37. The van der Waals surface area contributed by atoms with Crippen molar-refractivity contribution in [1.82, 2.24) is 9.78 Å². The van der Waals surface area contributed by atoms with Gasteiger partial charge >= 0.3 is 0 Å². The van der Waals surface area contributed by atoms with Crippen LogP contribution in [0.15, 0.2) is 19.0 Å². The van der Waals surface area contributed by atoms with Crippen LogP contribution < -0.4 is 0 Å². The van der Waals surface area contributed by atoms with Crippen LogP contribution in [0.4, 0.5) is 0 Å². The summed E-state index contributed by atoms with van der Waals surface area (Å²) in [5.74, 6) is 0. The Morgan fingerprint density at radius 3 is 3.20 bits per heavy atom. The topological polar surface area (TPSA) is 41.6 Å². The van der Waals surface area contributed by atoms with Gasteiger partial charge in [-0.3, -0.25) is 0 Å². The lowest BCUT2D eigenvalue weighted by Crippen LogP contribution is -1.82. The van der Waals surface area contributed by atoms with E-state index in [0.717, 1.165) is 5.56 Å². The van der Waals surface area contributed by atoms with Crippen LogP contribution in [-0.2, 0) is 6.42 Å². The minimum absolute atomic E-state index is 0.411. The SMILES string of the molecule is C=Cn1cc(CC#N)cn1. The molecule has 0 atom stereocenters. The highest BCUT2D eigenvalue weighted by Crippen LogP contribution is 1.96. The van der Waals surface area contributed by atoms with Crippen LogP contribution in [0.1, 0.15) is 5.56 Å². The number of hydrogen-bond acceptors (Lipinski definition) is 2. The predicted molar refractivity (Wildman–Crippen MR) is 37.9 cm³/mol. The summed E-state index contributed by atoms with van der Waals surface area (Å²) in [4.78, 5) is 0. The van der Waals surface area contributed by atoms with E-state index in [4.69, 9.17) is 5.26 Å². The highest BCUT2D eigenvalue weighted by atomic mass is 15.2. The van der Waals surface area contributed by atoms with Crippen LogP contribution >= 0.6 is 0 Å². The molecule has 0 aromatic carbocycles. The van der Waals surface area contributed by atoms with Crippen molar-refractivity contribution < 1.29 is 0 Å². The van der Waals surface area contributed by atoms with E-state index in [1.165, 1.54) is 0 Å². The Balaban J connectivity index is 2.80. The molecule has 0 spiro atoms. The van der Waals surface area contributed by atoms with Crippen molar-refractivity contribution in [2.75, 3.05) is 0 Å². The maximum atomic E-state index is 8.29. The predicted octanol–water partition coefficient (Wildman–Crippen LogP) is 1.05. The van der Waals surface area contributed by atoms with Gasteiger partial charge in [0.1, 0.15) is 0 Å². The summed E-state index contributed by atoms with van der Waals surface area (Å²) in [5, 5.41) is 12.2. The van der Waals surface area contributed by atoms with E-state index in [0.29, 0.717) is 6.42 Å². The lowest BCUT2D eigenvalue weighted by atomic mass is 10.3. The molecule has 1 aromatic rings.